The maximum absolute atomic E-state index is 2.68. The molecular formula is C4H10GeI2. The molecule has 0 aliphatic rings. The molecule has 0 spiro atoms. The van der Waals surface area contributed by atoms with Crippen LogP contribution in [-0.4, -0.2) is 6.65 Å². The van der Waals surface area contributed by atoms with Crippen molar-refractivity contribution in [2.75, 3.05) is 0 Å². The topological polar surface area (TPSA) is 0 Å². The van der Waals surface area contributed by atoms with Crippen molar-refractivity contribution in [2.24, 2.45) is 0 Å². The van der Waals surface area contributed by atoms with Crippen LogP contribution in [0.15, 0.2) is 0 Å². The molecule has 0 saturated heterocycles. The van der Waals surface area contributed by atoms with Crippen LogP contribution in [0.25, 0.3) is 0 Å². The fraction of sp³-hybridized carbons (Fsp3) is 1.00. The Hall–Kier alpha value is 2.00. The van der Waals surface area contributed by atoms with E-state index < -0.39 is 6.65 Å². The van der Waals surface area contributed by atoms with Gasteiger partial charge in [-0.15, -0.1) is 0 Å². The predicted octanol–water partition coefficient (Wildman–Crippen LogP) is 3.34. The van der Waals surface area contributed by atoms with Crippen LogP contribution in [0.5, 0.6) is 0 Å². The summed E-state index contributed by atoms with van der Waals surface area (Å²) < 4.78 is 0. The molecule has 0 aliphatic heterocycles. The van der Waals surface area contributed by atoms with E-state index in [0.717, 1.165) is 0 Å². The van der Waals surface area contributed by atoms with E-state index in [4.69, 9.17) is 0 Å². The Bertz CT molecular complexity index is 47.7. The number of hydrogen-bond acceptors (Lipinski definition) is 0. The van der Waals surface area contributed by atoms with Gasteiger partial charge in [0.05, 0.1) is 0 Å². The summed E-state index contributed by atoms with van der Waals surface area (Å²) in [6.45, 7) is 3.47. The van der Waals surface area contributed by atoms with Crippen LogP contribution in [0.3, 0.4) is 0 Å². The van der Waals surface area contributed by atoms with Gasteiger partial charge in [0.25, 0.3) is 0 Å². The summed E-state index contributed by atoms with van der Waals surface area (Å²) in [5, 5.41) is 2.91. The zero-order valence-electron chi connectivity index (χ0n) is 4.67. The van der Waals surface area contributed by atoms with Gasteiger partial charge in [-0.2, -0.15) is 0 Å². The first-order valence-corrected chi connectivity index (χ1v) is 18.3. The predicted molar refractivity (Wildman–Crippen MR) is 54.8 cm³/mol. The molecule has 0 saturated carbocycles. The molecule has 0 atom stereocenters. The molecule has 0 nitrogen and oxygen atoms in total. The quantitative estimate of drug-likeness (QED) is 0.506. The van der Waals surface area contributed by atoms with Gasteiger partial charge in [-0.05, 0) is 0 Å². The van der Waals surface area contributed by atoms with Crippen LogP contribution in [0.2, 0.25) is 10.5 Å². The van der Waals surface area contributed by atoms with E-state index in [0.29, 0.717) is 0 Å². The molecule has 0 heterocycles. The van der Waals surface area contributed by atoms with Crippen molar-refractivity contribution in [3.8, 4) is 0 Å². The summed E-state index contributed by atoms with van der Waals surface area (Å²) in [5.41, 5.74) is 0. The van der Waals surface area contributed by atoms with E-state index in [2.05, 4.69) is 54.3 Å². The summed E-state index contributed by atoms with van der Waals surface area (Å²) >= 11 is 5.36. The van der Waals surface area contributed by atoms with Crippen molar-refractivity contribution in [1.82, 2.24) is 0 Å². The van der Waals surface area contributed by atoms with Gasteiger partial charge in [0.1, 0.15) is 0 Å². The molecule has 0 aromatic heterocycles. The van der Waals surface area contributed by atoms with Crippen molar-refractivity contribution in [3.63, 3.8) is 0 Å². The molecule has 0 aliphatic carbocycles. The Kier molecular flexibility index (Phi) is 5.04. The fourth-order valence-corrected chi connectivity index (χ4v) is 1.30. The van der Waals surface area contributed by atoms with Crippen molar-refractivity contribution in [1.29, 1.82) is 0 Å². The van der Waals surface area contributed by atoms with E-state index >= 15 is 0 Å². The van der Waals surface area contributed by atoms with Gasteiger partial charge in [-0.1, -0.05) is 0 Å². The zero-order chi connectivity index (χ0) is 5.91. The number of rotatable bonds is 2. The fourth-order valence-electron chi connectivity index (χ4n) is 0.250. The SMILES string of the molecule is C[CH2][Ge]([I])([I])[CH2]C. The van der Waals surface area contributed by atoms with E-state index in [9.17, 15) is 0 Å². The van der Waals surface area contributed by atoms with Crippen LogP contribution in [0.4, 0.5) is 0 Å². The van der Waals surface area contributed by atoms with Crippen LogP contribution in [0, 0.1) is 0 Å². The third kappa shape index (κ3) is 4.50. The molecule has 0 N–H and O–H groups in total. The average Bonchev–Trinajstić information content (AvgIpc) is 1.68. The Morgan fingerprint density at radius 2 is 1.43 bits per heavy atom. The Morgan fingerprint density at radius 3 is 1.43 bits per heavy atom. The molecule has 0 unspecified atom stereocenters. The minimum absolute atomic E-state index is 1.14. The van der Waals surface area contributed by atoms with Gasteiger partial charge in [-0.3, -0.25) is 0 Å². The van der Waals surface area contributed by atoms with Gasteiger partial charge >= 0.3 is 71.4 Å². The third-order valence-corrected chi connectivity index (χ3v) is 21.2. The second-order valence-corrected chi connectivity index (χ2v) is 40.3. The van der Waals surface area contributed by atoms with Gasteiger partial charge in [-0.25, -0.2) is 0 Å². The zero-order valence-corrected chi connectivity index (χ0v) is 11.1. The Labute approximate surface area is 70.4 Å². The second-order valence-electron chi connectivity index (χ2n) is 1.56. The normalized spacial score (nSPS) is 12.0. The molecule has 0 fully saturated rings. The third-order valence-electron chi connectivity index (χ3n) is 1.03. The molecule has 0 aromatic rings. The monoisotopic (exact) mass is 386 g/mol. The van der Waals surface area contributed by atoms with Crippen LogP contribution >= 0.6 is 40.4 Å². The number of halogens is 2. The van der Waals surface area contributed by atoms with Crippen LogP contribution in [-0.2, 0) is 0 Å². The van der Waals surface area contributed by atoms with Gasteiger partial charge < -0.3 is 0 Å². The average molecular weight is 385 g/mol. The van der Waals surface area contributed by atoms with E-state index in [-0.39, 0.29) is 0 Å². The minimum atomic E-state index is -1.14. The molecule has 3 heteroatoms. The molecule has 44 valence electrons. The Balaban J connectivity index is 3.36. The van der Waals surface area contributed by atoms with E-state index in [1.165, 1.54) is 10.5 Å². The standard InChI is InChI=1S/C4H10GeI2/c1-3-5(6,7)4-2/h3-4H2,1-2H3. The molecular weight excluding hydrogens is 374 g/mol. The summed E-state index contributed by atoms with van der Waals surface area (Å²) in [7, 11) is 0. The first-order valence-electron chi connectivity index (χ1n) is 2.50. The summed E-state index contributed by atoms with van der Waals surface area (Å²) in [5.74, 6) is 0. The Morgan fingerprint density at radius 1 is 1.14 bits per heavy atom. The second kappa shape index (κ2) is 3.92. The molecule has 7 heavy (non-hydrogen) atoms. The summed E-state index contributed by atoms with van der Waals surface area (Å²) in [6, 6.07) is 0. The van der Waals surface area contributed by atoms with Crippen LogP contribution < -0.4 is 0 Å². The first kappa shape index (κ1) is 9.00. The van der Waals surface area contributed by atoms with E-state index in [1.54, 1.807) is 0 Å². The molecule has 0 bridgehead atoms. The van der Waals surface area contributed by atoms with E-state index in [1.807, 2.05) is 0 Å². The van der Waals surface area contributed by atoms with Gasteiger partial charge in [0, 0.05) is 0 Å². The molecule has 0 amide bonds. The van der Waals surface area contributed by atoms with Crippen LogP contribution in [0.1, 0.15) is 13.8 Å². The molecule has 0 radical (unpaired) electrons. The van der Waals surface area contributed by atoms with Gasteiger partial charge in [0.15, 0.2) is 0 Å². The summed E-state index contributed by atoms with van der Waals surface area (Å²) in [4.78, 5) is 0. The summed E-state index contributed by atoms with van der Waals surface area (Å²) in [6.07, 6.45) is 0. The van der Waals surface area contributed by atoms with Crippen molar-refractivity contribution < 1.29 is 0 Å². The van der Waals surface area contributed by atoms with Crippen molar-refractivity contribution in [3.05, 3.63) is 0 Å². The van der Waals surface area contributed by atoms with Crippen molar-refractivity contribution >= 4 is 47.1 Å². The number of hydrogen-bond donors (Lipinski definition) is 0. The van der Waals surface area contributed by atoms with Crippen molar-refractivity contribution in [2.45, 2.75) is 24.4 Å². The molecule has 0 aromatic carbocycles. The van der Waals surface area contributed by atoms with Gasteiger partial charge in [0.2, 0.25) is 0 Å². The first-order chi connectivity index (χ1) is 3.12. The maximum atomic E-state index is 2.68. The molecule has 0 rings (SSSR count).